The lowest BCUT2D eigenvalue weighted by Gasteiger charge is -2.14. The first-order valence-electron chi connectivity index (χ1n) is 20.1. The van der Waals surface area contributed by atoms with Gasteiger partial charge in [-0.1, -0.05) is 188 Å². The maximum atomic E-state index is 6.72. The molecule has 61 heavy (non-hydrogen) atoms. The summed E-state index contributed by atoms with van der Waals surface area (Å²) in [6.45, 7) is 0. The molecule has 0 fully saturated rings. The molecule has 0 atom stereocenters. The van der Waals surface area contributed by atoms with Crippen LogP contribution in [0.2, 0.25) is 0 Å². The molecule has 0 radical (unpaired) electrons. The second-order valence-corrected chi connectivity index (χ2v) is 14.7. The van der Waals surface area contributed by atoms with Crippen LogP contribution in [-0.4, -0.2) is 29.9 Å². The van der Waals surface area contributed by atoms with Crippen molar-refractivity contribution in [2.24, 2.45) is 0 Å². The fraction of sp³-hybridized carbons (Fsp3) is 0. The molecule has 0 spiro atoms. The van der Waals surface area contributed by atoms with Crippen molar-refractivity contribution in [3.8, 4) is 90.6 Å². The highest BCUT2D eigenvalue weighted by Crippen LogP contribution is 2.43. The van der Waals surface area contributed by atoms with Gasteiger partial charge in [0.25, 0.3) is 0 Å². The van der Waals surface area contributed by atoms with Gasteiger partial charge in [0, 0.05) is 49.7 Å². The normalized spacial score (nSPS) is 11.3. The number of benzene rings is 8. The highest BCUT2D eigenvalue weighted by Gasteiger charge is 2.20. The van der Waals surface area contributed by atoms with Crippen molar-refractivity contribution in [2.75, 3.05) is 0 Å². The van der Waals surface area contributed by atoms with Crippen LogP contribution in [0.3, 0.4) is 0 Å². The van der Waals surface area contributed by atoms with Crippen molar-refractivity contribution >= 4 is 21.9 Å². The summed E-state index contributed by atoms with van der Waals surface area (Å²) in [5.74, 6) is 3.65. The fourth-order valence-electron chi connectivity index (χ4n) is 7.80. The molecule has 0 aliphatic heterocycles. The molecule has 0 aliphatic rings. The van der Waals surface area contributed by atoms with Gasteiger partial charge in [-0.25, -0.2) is 29.9 Å². The van der Waals surface area contributed by atoms with E-state index in [2.05, 4.69) is 66.7 Å². The second kappa shape index (κ2) is 15.4. The minimum absolute atomic E-state index is 0.590. The van der Waals surface area contributed by atoms with Gasteiger partial charge in [-0.05, 0) is 34.9 Å². The van der Waals surface area contributed by atoms with Crippen molar-refractivity contribution < 1.29 is 4.42 Å². The number of furan rings is 1. The Morgan fingerprint density at radius 2 is 0.639 bits per heavy atom. The van der Waals surface area contributed by atoms with Crippen molar-refractivity contribution in [1.29, 1.82) is 0 Å². The number of fused-ring (bicyclic) bond motifs is 3. The van der Waals surface area contributed by atoms with Gasteiger partial charge in [0.2, 0.25) is 0 Å². The Balaban J connectivity index is 1.05. The maximum absolute atomic E-state index is 6.72. The summed E-state index contributed by atoms with van der Waals surface area (Å²) in [6, 6.07) is 69.5. The molecular formula is C54H34N6O. The van der Waals surface area contributed by atoms with E-state index in [-0.39, 0.29) is 0 Å². The first-order valence-corrected chi connectivity index (χ1v) is 20.1. The third kappa shape index (κ3) is 6.90. The SMILES string of the molecule is c1ccc(-c2nc(-c3ccccc3)nc(-c3ccc(-c4c(-c5cccc(-c6nc(-c7ccccc7)nc(-c7ccccc7)n6)c5)ccc5c4oc4ccccc45)cc3)n2)cc1. The molecule has 0 saturated heterocycles. The summed E-state index contributed by atoms with van der Waals surface area (Å²) >= 11 is 0. The monoisotopic (exact) mass is 782 g/mol. The van der Waals surface area contributed by atoms with Crippen LogP contribution in [0.25, 0.3) is 113 Å². The van der Waals surface area contributed by atoms with E-state index in [0.29, 0.717) is 34.9 Å². The Bertz CT molecular complexity index is 3220. The summed E-state index contributed by atoms with van der Waals surface area (Å²) in [4.78, 5) is 29.8. The minimum Gasteiger partial charge on any atom is -0.455 e. The molecule has 0 unspecified atom stereocenters. The maximum Gasteiger partial charge on any atom is 0.164 e. The lowest BCUT2D eigenvalue weighted by molar-refractivity contribution is 0.670. The summed E-state index contributed by atoms with van der Waals surface area (Å²) in [5.41, 5.74) is 11.1. The molecule has 3 heterocycles. The van der Waals surface area contributed by atoms with Crippen LogP contribution < -0.4 is 0 Å². The Kier molecular flexibility index (Phi) is 9.02. The van der Waals surface area contributed by atoms with Gasteiger partial charge in [-0.2, -0.15) is 0 Å². The molecule has 0 bridgehead atoms. The number of para-hydroxylation sites is 1. The number of hydrogen-bond donors (Lipinski definition) is 0. The van der Waals surface area contributed by atoms with Crippen molar-refractivity contribution in [1.82, 2.24) is 29.9 Å². The van der Waals surface area contributed by atoms with E-state index in [4.69, 9.17) is 34.3 Å². The van der Waals surface area contributed by atoms with Crippen LogP contribution in [0.4, 0.5) is 0 Å². The predicted octanol–water partition coefficient (Wildman–Crippen LogP) is 13.3. The largest absolute Gasteiger partial charge is 0.455 e. The zero-order valence-corrected chi connectivity index (χ0v) is 32.7. The van der Waals surface area contributed by atoms with Crippen molar-refractivity contribution in [2.45, 2.75) is 0 Å². The van der Waals surface area contributed by atoms with Crippen molar-refractivity contribution in [3.63, 3.8) is 0 Å². The highest BCUT2D eigenvalue weighted by molar-refractivity contribution is 6.12. The van der Waals surface area contributed by atoms with E-state index < -0.39 is 0 Å². The number of rotatable bonds is 8. The number of nitrogens with zero attached hydrogens (tertiary/aromatic N) is 6. The van der Waals surface area contributed by atoms with Crippen molar-refractivity contribution in [3.05, 3.63) is 206 Å². The van der Waals surface area contributed by atoms with Gasteiger partial charge in [0.1, 0.15) is 11.2 Å². The van der Waals surface area contributed by atoms with Crippen LogP contribution in [0.1, 0.15) is 0 Å². The lowest BCUT2D eigenvalue weighted by atomic mass is 9.91. The smallest absolute Gasteiger partial charge is 0.164 e. The van der Waals surface area contributed by atoms with Gasteiger partial charge in [-0.15, -0.1) is 0 Å². The molecule has 0 aliphatic carbocycles. The van der Waals surface area contributed by atoms with Crippen LogP contribution in [0.15, 0.2) is 211 Å². The Morgan fingerprint density at radius 3 is 1.13 bits per heavy atom. The molecular weight excluding hydrogens is 749 g/mol. The zero-order valence-electron chi connectivity index (χ0n) is 32.7. The quantitative estimate of drug-likeness (QED) is 0.152. The van der Waals surface area contributed by atoms with Gasteiger partial charge in [-0.3, -0.25) is 0 Å². The molecule has 11 aromatic rings. The summed E-state index contributed by atoms with van der Waals surface area (Å²) in [6.07, 6.45) is 0. The van der Waals surface area contributed by atoms with Crippen LogP contribution in [0.5, 0.6) is 0 Å². The predicted molar refractivity (Wildman–Crippen MR) is 244 cm³/mol. The van der Waals surface area contributed by atoms with Gasteiger partial charge in [0.05, 0.1) is 0 Å². The average molecular weight is 783 g/mol. The zero-order chi connectivity index (χ0) is 40.5. The van der Waals surface area contributed by atoms with Crippen LogP contribution in [-0.2, 0) is 0 Å². The van der Waals surface area contributed by atoms with E-state index in [1.807, 2.05) is 140 Å². The molecule has 11 rings (SSSR count). The lowest BCUT2D eigenvalue weighted by Crippen LogP contribution is -2.00. The molecule has 3 aromatic heterocycles. The Hall–Kier alpha value is -8.42. The van der Waals surface area contributed by atoms with E-state index in [0.717, 1.165) is 77.6 Å². The third-order valence-corrected chi connectivity index (χ3v) is 10.8. The molecule has 7 heteroatoms. The summed E-state index contributed by atoms with van der Waals surface area (Å²) in [7, 11) is 0. The standard InChI is InChI=1S/C54H34N6O/c1-5-16-36(17-6-1)49-55-50(37-18-7-2-8-19-37)58-53(57-49)40-30-28-35(29-31-40)47-43(32-33-45-44-26-13-14-27-46(44)61-48(45)47)41-24-15-25-42(34-41)54-59-51(38-20-9-3-10-21-38)56-52(60-54)39-22-11-4-12-23-39/h1-34H. The summed E-state index contributed by atoms with van der Waals surface area (Å²) in [5, 5.41) is 2.11. The molecule has 0 saturated carbocycles. The van der Waals surface area contributed by atoms with E-state index >= 15 is 0 Å². The highest BCUT2D eigenvalue weighted by atomic mass is 16.3. The van der Waals surface area contributed by atoms with Gasteiger partial charge < -0.3 is 4.42 Å². The second-order valence-electron chi connectivity index (χ2n) is 14.7. The number of hydrogen-bond acceptors (Lipinski definition) is 7. The van der Waals surface area contributed by atoms with E-state index in [9.17, 15) is 0 Å². The van der Waals surface area contributed by atoms with Gasteiger partial charge in [0.15, 0.2) is 34.9 Å². The summed E-state index contributed by atoms with van der Waals surface area (Å²) < 4.78 is 6.72. The molecule has 7 nitrogen and oxygen atoms in total. The van der Waals surface area contributed by atoms with E-state index in [1.165, 1.54) is 0 Å². The fourth-order valence-corrected chi connectivity index (χ4v) is 7.80. The topological polar surface area (TPSA) is 90.5 Å². The molecule has 8 aromatic carbocycles. The first kappa shape index (κ1) is 35.7. The van der Waals surface area contributed by atoms with Crippen LogP contribution >= 0.6 is 0 Å². The van der Waals surface area contributed by atoms with E-state index in [1.54, 1.807) is 0 Å². The Morgan fingerprint density at radius 1 is 0.262 bits per heavy atom. The average Bonchev–Trinajstić information content (AvgIpc) is 3.73. The first-order chi connectivity index (χ1) is 30.2. The molecule has 0 N–H and O–H groups in total. The van der Waals surface area contributed by atoms with Crippen LogP contribution in [0, 0.1) is 0 Å². The molecule has 0 amide bonds. The Labute approximate surface area is 351 Å². The number of aromatic nitrogens is 6. The minimum atomic E-state index is 0.590. The van der Waals surface area contributed by atoms with Gasteiger partial charge >= 0.3 is 0 Å². The third-order valence-electron chi connectivity index (χ3n) is 10.8. The molecule has 286 valence electrons.